The third kappa shape index (κ3) is 4.18. The average molecular weight is 318 g/mol. The fourth-order valence-electron chi connectivity index (χ4n) is 1.59. The smallest absolute Gasteiger partial charge is 0.465 e. The number of ether oxygens (including phenoxy) is 1. The van der Waals surface area contributed by atoms with Gasteiger partial charge in [-0.25, -0.2) is 4.39 Å². The van der Waals surface area contributed by atoms with E-state index in [1.165, 1.54) is 13.0 Å². The summed E-state index contributed by atoms with van der Waals surface area (Å²) in [5.41, 5.74) is -1.04. The summed E-state index contributed by atoms with van der Waals surface area (Å²) in [5, 5.41) is 8.86. The molecule has 0 fully saturated rings. The summed E-state index contributed by atoms with van der Waals surface area (Å²) >= 11 is 0. The zero-order valence-electron chi connectivity index (χ0n) is 11.3. The maximum atomic E-state index is 13.0. The summed E-state index contributed by atoms with van der Waals surface area (Å²) in [6.07, 6.45) is -5.27. The van der Waals surface area contributed by atoms with Crippen molar-refractivity contribution in [3.8, 4) is 6.07 Å². The molecular formula is C13H10F4N2O3. The number of hydrogen-bond acceptors (Lipinski definition) is 4. The molecular weight excluding hydrogens is 308 g/mol. The van der Waals surface area contributed by atoms with Crippen LogP contribution in [0.2, 0.25) is 0 Å². The van der Waals surface area contributed by atoms with Gasteiger partial charge in [0.1, 0.15) is 18.4 Å². The number of halogens is 4. The number of nitriles is 1. The highest BCUT2D eigenvalue weighted by atomic mass is 19.4. The molecule has 0 radical (unpaired) electrons. The number of carbonyl (C=O) groups is 2. The molecule has 0 spiro atoms. The standard InChI is InChI=1S/C13H10F4N2O3/c1-2-22-11(20)7-19(12(21)13(15,16)17)10-4-3-9(14)5-8(10)6-18/h3-5H,2,7H2,1H3. The van der Waals surface area contributed by atoms with Crippen LogP contribution < -0.4 is 4.90 Å². The van der Waals surface area contributed by atoms with Crippen LogP contribution in [-0.4, -0.2) is 31.2 Å². The van der Waals surface area contributed by atoms with Crippen LogP contribution in [0.1, 0.15) is 12.5 Å². The van der Waals surface area contributed by atoms with E-state index in [1.807, 2.05) is 0 Å². The summed E-state index contributed by atoms with van der Waals surface area (Å²) in [6.45, 7) is 0.292. The molecule has 22 heavy (non-hydrogen) atoms. The van der Waals surface area contributed by atoms with Gasteiger partial charge < -0.3 is 4.74 Å². The molecule has 0 saturated carbocycles. The lowest BCUT2D eigenvalue weighted by molar-refractivity contribution is -0.171. The molecule has 5 nitrogen and oxygen atoms in total. The zero-order valence-corrected chi connectivity index (χ0v) is 11.3. The lowest BCUT2D eigenvalue weighted by Crippen LogP contribution is -2.44. The van der Waals surface area contributed by atoms with E-state index in [1.54, 1.807) is 0 Å². The molecule has 0 N–H and O–H groups in total. The zero-order chi connectivity index (χ0) is 16.9. The van der Waals surface area contributed by atoms with Crippen molar-refractivity contribution >= 4 is 17.6 Å². The van der Waals surface area contributed by atoms with E-state index in [0.717, 1.165) is 12.1 Å². The number of amides is 1. The molecule has 118 valence electrons. The summed E-state index contributed by atoms with van der Waals surface area (Å²) in [4.78, 5) is 22.9. The highest BCUT2D eigenvalue weighted by Crippen LogP contribution is 2.27. The summed E-state index contributed by atoms with van der Waals surface area (Å²) in [6, 6.07) is 3.73. The number of carbonyl (C=O) groups excluding carboxylic acids is 2. The summed E-state index contributed by atoms with van der Waals surface area (Å²) in [5.74, 6) is -4.31. The van der Waals surface area contributed by atoms with Crippen LogP contribution in [0.15, 0.2) is 18.2 Å². The first-order valence-electron chi connectivity index (χ1n) is 5.94. The quantitative estimate of drug-likeness (QED) is 0.630. The van der Waals surface area contributed by atoms with E-state index in [-0.39, 0.29) is 11.5 Å². The first-order chi connectivity index (χ1) is 10.2. The molecule has 0 heterocycles. The van der Waals surface area contributed by atoms with Crippen LogP contribution in [0.4, 0.5) is 23.2 Å². The number of benzene rings is 1. The SMILES string of the molecule is CCOC(=O)CN(C(=O)C(F)(F)F)c1ccc(F)cc1C#N. The van der Waals surface area contributed by atoms with Crippen molar-refractivity contribution in [1.82, 2.24) is 0 Å². The predicted molar refractivity (Wildman–Crippen MR) is 66.2 cm³/mol. The fourth-order valence-corrected chi connectivity index (χ4v) is 1.59. The maximum absolute atomic E-state index is 13.0. The fraction of sp³-hybridized carbons (Fsp3) is 0.308. The van der Waals surface area contributed by atoms with Crippen molar-refractivity contribution < 1.29 is 31.9 Å². The predicted octanol–water partition coefficient (Wildman–Crippen LogP) is 2.16. The van der Waals surface area contributed by atoms with Crippen molar-refractivity contribution in [3.05, 3.63) is 29.6 Å². The summed E-state index contributed by atoms with van der Waals surface area (Å²) < 4.78 is 55.5. The van der Waals surface area contributed by atoms with Crippen LogP contribution >= 0.6 is 0 Å². The Morgan fingerprint density at radius 2 is 2.00 bits per heavy atom. The van der Waals surface area contributed by atoms with Crippen LogP contribution in [0.25, 0.3) is 0 Å². The third-order valence-electron chi connectivity index (χ3n) is 2.45. The number of rotatable bonds is 4. The average Bonchev–Trinajstić information content (AvgIpc) is 2.43. The van der Waals surface area contributed by atoms with Gasteiger partial charge in [0.2, 0.25) is 0 Å². The molecule has 1 rings (SSSR count). The minimum Gasteiger partial charge on any atom is -0.465 e. The lowest BCUT2D eigenvalue weighted by Gasteiger charge is -2.23. The Bertz CT molecular complexity index is 623. The van der Waals surface area contributed by atoms with Gasteiger partial charge in [0, 0.05) is 0 Å². The van der Waals surface area contributed by atoms with Crippen LogP contribution in [0.3, 0.4) is 0 Å². The van der Waals surface area contributed by atoms with Crippen molar-refractivity contribution in [2.75, 3.05) is 18.1 Å². The van der Waals surface area contributed by atoms with Gasteiger partial charge in [-0.1, -0.05) is 0 Å². The molecule has 1 amide bonds. The lowest BCUT2D eigenvalue weighted by atomic mass is 10.1. The van der Waals surface area contributed by atoms with E-state index in [4.69, 9.17) is 5.26 Å². The minimum absolute atomic E-state index is 0.0377. The minimum atomic E-state index is -5.27. The molecule has 0 aromatic heterocycles. The normalized spacial score (nSPS) is 10.7. The second-order valence-electron chi connectivity index (χ2n) is 3.97. The highest BCUT2D eigenvalue weighted by molar-refractivity contribution is 6.01. The van der Waals surface area contributed by atoms with Crippen LogP contribution in [-0.2, 0) is 14.3 Å². The maximum Gasteiger partial charge on any atom is 0.471 e. The first kappa shape index (κ1) is 17.4. The van der Waals surface area contributed by atoms with E-state index >= 15 is 0 Å². The van der Waals surface area contributed by atoms with E-state index in [9.17, 15) is 27.2 Å². The number of hydrogen-bond donors (Lipinski definition) is 0. The first-order valence-corrected chi connectivity index (χ1v) is 5.94. The topological polar surface area (TPSA) is 70.4 Å². The van der Waals surface area contributed by atoms with E-state index in [2.05, 4.69) is 4.74 Å². The number of esters is 1. The van der Waals surface area contributed by atoms with E-state index < -0.39 is 41.7 Å². The molecule has 0 aliphatic rings. The Morgan fingerprint density at radius 1 is 1.36 bits per heavy atom. The van der Waals surface area contributed by atoms with Gasteiger partial charge in [-0.05, 0) is 25.1 Å². The van der Waals surface area contributed by atoms with Gasteiger partial charge in [0.05, 0.1) is 17.9 Å². The Labute approximate surface area is 122 Å². The largest absolute Gasteiger partial charge is 0.471 e. The van der Waals surface area contributed by atoms with E-state index in [0.29, 0.717) is 6.07 Å². The van der Waals surface area contributed by atoms with Gasteiger partial charge in [-0.15, -0.1) is 0 Å². The third-order valence-corrected chi connectivity index (χ3v) is 2.45. The summed E-state index contributed by atoms with van der Waals surface area (Å²) in [7, 11) is 0. The van der Waals surface area contributed by atoms with Gasteiger partial charge >= 0.3 is 18.1 Å². The second-order valence-corrected chi connectivity index (χ2v) is 3.97. The Balaban J connectivity index is 3.29. The Morgan fingerprint density at radius 3 is 2.50 bits per heavy atom. The van der Waals surface area contributed by atoms with Gasteiger partial charge in [0.25, 0.3) is 0 Å². The molecule has 0 saturated heterocycles. The van der Waals surface area contributed by atoms with Crippen molar-refractivity contribution in [2.45, 2.75) is 13.1 Å². The Hall–Kier alpha value is -2.63. The van der Waals surface area contributed by atoms with Crippen molar-refractivity contribution in [3.63, 3.8) is 0 Å². The monoisotopic (exact) mass is 318 g/mol. The molecule has 0 atom stereocenters. The molecule has 0 aliphatic carbocycles. The van der Waals surface area contributed by atoms with Crippen LogP contribution in [0.5, 0.6) is 0 Å². The Kier molecular flexibility index (Phi) is 5.45. The molecule has 0 aliphatic heterocycles. The number of alkyl halides is 3. The van der Waals surface area contributed by atoms with Crippen molar-refractivity contribution in [2.24, 2.45) is 0 Å². The highest BCUT2D eigenvalue weighted by Gasteiger charge is 2.44. The molecule has 0 bridgehead atoms. The molecule has 1 aromatic carbocycles. The molecule has 0 unspecified atom stereocenters. The van der Waals surface area contributed by atoms with Gasteiger partial charge in [-0.3, -0.25) is 14.5 Å². The number of nitrogens with zero attached hydrogens (tertiary/aromatic N) is 2. The van der Waals surface area contributed by atoms with Gasteiger partial charge in [0.15, 0.2) is 0 Å². The van der Waals surface area contributed by atoms with Crippen LogP contribution in [0, 0.1) is 17.1 Å². The molecule has 9 heteroatoms. The van der Waals surface area contributed by atoms with Crippen molar-refractivity contribution in [1.29, 1.82) is 5.26 Å². The second kappa shape index (κ2) is 6.89. The molecule has 1 aromatic rings. The van der Waals surface area contributed by atoms with Gasteiger partial charge in [-0.2, -0.15) is 18.4 Å². The number of anilines is 1.